The predicted molar refractivity (Wildman–Crippen MR) is 87.8 cm³/mol. The Morgan fingerprint density at radius 1 is 0.955 bits per heavy atom. The molecule has 106 valence electrons. The molecule has 2 aromatic carbocycles. The summed E-state index contributed by atoms with van der Waals surface area (Å²) in [6.07, 6.45) is 1.79. The molecule has 4 nitrogen and oxygen atoms in total. The second kappa shape index (κ2) is 4.77. The second-order valence-corrected chi connectivity index (χ2v) is 5.26. The van der Waals surface area contributed by atoms with Crippen LogP contribution in [0.25, 0.3) is 32.9 Å². The van der Waals surface area contributed by atoms with Crippen LogP contribution >= 0.6 is 0 Å². The van der Waals surface area contributed by atoms with Crippen molar-refractivity contribution in [3.05, 3.63) is 70.9 Å². The molecule has 0 fully saturated rings. The van der Waals surface area contributed by atoms with Crippen molar-refractivity contribution >= 4 is 21.8 Å². The number of fused-ring (bicyclic) bond motifs is 2. The highest BCUT2D eigenvalue weighted by Gasteiger charge is 2.07. The summed E-state index contributed by atoms with van der Waals surface area (Å²) in [7, 11) is 0. The van der Waals surface area contributed by atoms with Crippen LogP contribution in [0.2, 0.25) is 0 Å². The molecule has 2 heterocycles. The quantitative estimate of drug-likeness (QED) is 0.583. The maximum atomic E-state index is 12.1. The summed E-state index contributed by atoms with van der Waals surface area (Å²) in [6, 6.07) is 15.7. The first-order valence-electron chi connectivity index (χ1n) is 7.07. The summed E-state index contributed by atoms with van der Waals surface area (Å²) in [5.41, 5.74) is 3.59. The molecule has 0 radical (unpaired) electrons. The minimum absolute atomic E-state index is 0.109. The Morgan fingerprint density at radius 3 is 2.73 bits per heavy atom. The zero-order valence-corrected chi connectivity index (χ0v) is 12.0. The normalized spacial score (nSPS) is 11.1. The Labute approximate surface area is 126 Å². The summed E-state index contributed by atoms with van der Waals surface area (Å²) in [4.78, 5) is 23.6. The van der Waals surface area contributed by atoms with Crippen molar-refractivity contribution in [3.63, 3.8) is 0 Å². The summed E-state index contributed by atoms with van der Waals surface area (Å²) < 4.78 is 0. The van der Waals surface area contributed by atoms with Gasteiger partial charge in [0.15, 0.2) is 0 Å². The Hall–Kier alpha value is -3.01. The van der Waals surface area contributed by atoms with Crippen molar-refractivity contribution in [3.8, 4) is 11.1 Å². The highest BCUT2D eigenvalue weighted by molar-refractivity contribution is 5.96. The van der Waals surface area contributed by atoms with Gasteiger partial charge in [-0.3, -0.25) is 9.78 Å². The molecule has 0 saturated carbocycles. The Morgan fingerprint density at radius 2 is 1.82 bits per heavy atom. The molecular weight excluding hydrogens is 274 g/mol. The van der Waals surface area contributed by atoms with Gasteiger partial charge in [-0.15, -0.1) is 0 Å². The molecule has 0 unspecified atom stereocenters. The monoisotopic (exact) mass is 287 g/mol. The lowest BCUT2D eigenvalue weighted by molar-refractivity contribution is 1.06. The molecular formula is C18H13N3O. The minimum Gasteiger partial charge on any atom is -0.310 e. The molecule has 0 aliphatic carbocycles. The van der Waals surface area contributed by atoms with Gasteiger partial charge in [0, 0.05) is 11.6 Å². The molecule has 0 aliphatic heterocycles. The van der Waals surface area contributed by atoms with E-state index >= 15 is 0 Å². The van der Waals surface area contributed by atoms with Crippen molar-refractivity contribution in [1.82, 2.24) is 15.0 Å². The van der Waals surface area contributed by atoms with Crippen LogP contribution in [0.5, 0.6) is 0 Å². The van der Waals surface area contributed by atoms with Gasteiger partial charge in [-0.1, -0.05) is 24.3 Å². The minimum atomic E-state index is -0.109. The van der Waals surface area contributed by atoms with Crippen LogP contribution in [0.1, 0.15) is 5.82 Å². The Bertz CT molecular complexity index is 1060. The van der Waals surface area contributed by atoms with Crippen molar-refractivity contribution in [2.24, 2.45) is 0 Å². The average molecular weight is 287 g/mol. The van der Waals surface area contributed by atoms with Gasteiger partial charge >= 0.3 is 0 Å². The molecule has 4 aromatic rings. The maximum Gasteiger partial charge on any atom is 0.258 e. The fourth-order valence-electron chi connectivity index (χ4n) is 2.77. The molecule has 0 aliphatic rings. The van der Waals surface area contributed by atoms with Gasteiger partial charge in [-0.05, 0) is 42.3 Å². The van der Waals surface area contributed by atoms with E-state index in [-0.39, 0.29) is 5.56 Å². The van der Waals surface area contributed by atoms with Crippen LogP contribution in [-0.4, -0.2) is 15.0 Å². The smallest absolute Gasteiger partial charge is 0.258 e. The third kappa shape index (κ3) is 1.97. The highest BCUT2D eigenvalue weighted by Crippen LogP contribution is 2.28. The summed E-state index contributed by atoms with van der Waals surface area (Å²) >= 11 is 0. The number of hydrogen-bond acceptors (Lipinski definition) is 3. The van der Waals surface area contributed by atoms with E-state index in [1.165, 1.54) is 0 Å². The van der Waals surface area contributed by atoms with E-state index in [0.717, 1.165) is 22.0 Å². The number of rotatable bonds is 1. The molecule has 0 spiro atoms. The van der Waals surface area contributed by atoms with Crippen molar-refractivity contribution in [2.75, 3.05) is 0 Å². The Balaban J connectivity index is 2.03. The summed E-state index contributed by atoms with van der Waals surface area (Å²) in [5, 5.41) is 1.67. The van der Waals surface area contributed by atoms with Crippen LogP contribution in [-0.2, 0) is 0 Å². The highest BCUT2D eigenvalue weighted by atomic mass is 16.1. The van der Waals surface area contributed by atoms with E-state index in [1.54, 1.807) is 13.1 Å². The van der Waals surface area contributed by atoms with Gasteiger partial charge in [0.25, 0.3) is 5.56 Å². The third-order valence-corrected chi connectivity index (χ3v) is 3.78. The molecule has 0 saturated heterocycles. The fraction of sp³-hybridized carbons (Fsp3) is 0.0556. The van der Waals surface area contributed by atoms with Crippen molar-refractivity contribution in [2.45, 2.75) is 6.92 Å². The predicted octanol–water partition coefficient (Wildman–Crippen LogP) is 3.45. The van der Waals surface area contributed by atoms with Gasteiger partial charge in [-0.25, -0.2) is 4.98 Å². The van der Waals surface area contributed by atoms with Gasteiger partial charge < -0.3 is 4.98 Å². The molecule has 4 rings (SSSR count). The van der Waals surface area contributed by atoms with Crippen LogP contribution < -0.4 is 5.56 Å². The number of aryl methyl sites for hydroxylation is 1. The SMILES string of the molecule is Cc1nc2ccc(-c3ccnc4ccccc34)cc2c(=O)[nH]1. The number of aromatic nitrogens is 3. The van der Waals surface area contributed by atoms with E-state index in [1.807, 2.05) is 48.5 Å². The standard InChI is InChI=1S/C18H13N3O/c1-11-20-17-7-6-12(10-15(17)18(22)21-11)13-8-9-19-16-5-3-2-4-14(13)16/h2-10H,1H3,(H,20,21,22). The molecule has 1 N–H and O–H groups in total. The largest absolute Gasteiger partial charge is 0.310 e. The number of hydrogen-bond donors (Lipinski definition) is 1. The lowest BCUT2D eigenvalue weighted by Crippen LogP contribution is -2.09. The van der Waals surface area contributed by atoms with Gasteiger partial charge in [-0.2, -0.15) is 0 Å². The lowest BCUT2D eigenvalue weighted by Gasteiger charge is -2.07. The van der Waals surface area contributed by atoms with Crippen molar-refractivity contribution < 1.29 is 0 Å². The van der Waals surface area contributed by atoms with Gasteiger partial charge in [0.05, 0.1) is 16.4 Å². The fourth-order valence-corrected chi connectivity index (χ4v) is 2.77. The number of para-hydroxylation sites is 1. The average Bonchev–Trinajstić information content (AvgIpc) is 2.54. The van der Waals surface area contributed by atoms with Crippen LogP contribution in [0.3, 0.4) is 0 Å². The number of aromatic amines is 1. The van der Waals surface area contributed by atoms with Crippen LogP contribution in [0, 0.1) is 6.92 Å². The number of nitrogens with one attached hydrogen (secondary N) is 1. The van der Waals surface area contributed by atoms with Gasteiger partial charge in [0.2, 0.25) is 0 Å². The van der Waals surface area contributed by atoms with E-state index in [2.05, 4.69) is 15.0 Å². The topological polar surface area (TPSA) is 58.6 Å². The zero-order valence-electron chi connectivity index (χ0n) is 12.0. The first kappa shape index (κ1) is 12.7. The van der Waals surface area contributed by atoms with Crippen molar-refractivity contribution in [1.29, 1.82) is 0 Å². The summed E-state index contributed by atoms with van der Waals surface area (Å²) in [6.45, 7) is 1.78. The van der Waals surface area contributed by atoms with E-state index in [0.29, 0.717) is 16.7 Å². The van der Waals surface area contributed by atoms with Crippen LogP contribution in [0.15, 0.2) is 59.5 Å². The van der Waals surface area contributed by atoms with E-state index in [4.69, 9.17) is 0 Å². The lowest BCUT2D eigenvalue weighted by atomic mass is 10.00. The number of nitrogens with zero attached hydrogens (tertiary/aromatic N) is 2. The van der Waals surface area contributed by atoms with Gasteiger partial charge in [0.1, 0.15) is 5.82 Å². The van der Waals surface area contributed by atoms with E-state index < -0.39 is 0 Å². The second-order valence-electron chi connectivity index (χ2n) is 5.26. The Kier molecular flexibility index (Phi) is 2.76. The molecule has 0 amide bonds. The summed E-state index contributed by atoms with van der Waals surface area (Å²) in [5.74, 6) is 0.625. The first-order chi connectivity index (χ1) is 10.7. The first-order valence-corrected chi connectivity index (χ1v) is 7.07. The number of pyridine rings is 1. The molecule has 22 heavy (non-hydrogen) atoms. The molecule has 2 aromatic heterocycles. The molecule has 4 heteroatoms. The number of H-pyrrole nitrogens is 1. The zero-order chi connectivity index (χ0) is 15.1. The van der Waals surface area contributed by atoms with E-state index in [9.17, 15) is 4.79 Å². The molecule has 0 bridgehead atoms. The third-order valence-electron chi connectivity index (χ3n) is 3.78. The maximum absolute atomic E-state index is 12.1. The molecule has 0 atom stereocenters. The number of benzene rings is 2. The van der Waals surface area contributed by atoms with Crippen LogP contribution in [0.4, 0.5) is 0 Å².